The zero-order valence-electron chi connectivity index (χ0n) is 17.6. The maximum atomic E-state index is 13.1. The summed E-state index contributed by atoms with van der Waals surface area (Å²) in [7, 11) is 0. The number of halogens is 1. The van der Waals surface area contributed by atoms with Crippen molar-refractivity contribution in [1.29, 1.82) is 0 Å². The summed E-state index contributed by atoms with van der Waals surface area (Å²) in [5, 5.41) is 3.64. The van der Waals surface area contributed by atoms with E-state index >= 15 is 0 Å². The third-order valence-corrected chi connectivity index (χ3v) is 5.86. The van der Waals surface area contributed by atoms with E-state index in [0.29, 0.717) is 19.0 Å². The Balaban J connectivity index is 1.57. The molecule has 0 aliphatic carbocycles. The summed E-state index contributed by atoms with van der Waals surface area (Å²) >= 11 is 5.99. The molecule has 1 aliphatic rings. The van der Waals surface area contributed by atoms with Gasteiger partial charge in [-0.05, 0) is 54.0 Å². The number of nitrogens with zero attached hydrogens (tertiary/aromatic N) is 1. The molecule has 3 rings (SSSR count). The van der Waals surface area contributed by atoms with Crippen LogP contribution in [-0.4, -0.2) is 35.8 Å². The van der Waals surface area contributed by atoms with E-state index < -0.39 is 6.04 Å². The fourth-order valence-corrected chi connectivity index (χ4v) is 3.94. The molecule has 0 spiro atoms. The van der Waals surface area contributed by atoms with Crippen LogP contribution in [0.25, 0.3) is 6.08 Å². The summed E-state index contributed by atoms with van der Waals surface area (Å²) in [5.41, 5.74) is 2.22. The first-order valence-electron chi connectivity index (χ1n) is 10.5. The van der Waals surface area contributed by atoms with Gasteiger partial charge >= 0.3 is 0 Å². The van der Waals surface area contributed by atoms with E-state index in [1.807, 2.05) is 61.2 Å². The normalized spacial score (nSPS) is 16.1. The van der Waals surface area contributed by atoms with Crippen molar-refractivity contribution in [3.05, 3.63) is 76.8 Å². The van der Waals surface area contributed by atoms with Crippen molar-refractivity contribution in [3.63, 3.8) is 0 Å². The molecule has 30 heavy (non-hydrogen) atoms. The average Bonchev–Trinajstić information content (AvgIpc) is 2.77. The molecule has 0 aromatic heterocycles. The van der Waals surface area contributed by atoms with Gasteiger partial charge in [0.15, 0.2) is 0 Å². The predicted octanol–water partition coefficient (Wildman–Crippen LogP) is 4.90. The number of hydrogen-bond acceptors (Lipinski definition) is 2. The molecule has 1 fully saturated rings. The fraction of sp³-hybridized carbons (Fsp3) is 0.360. The van der Waals surface area contributed by atoms with Crippen LogP contribution in [0.3, 0.4) is 0 Å². The number of carbonyl (C=O) groups is 2. The van der Waals surface area contributed by atoms with Crippen molar-refractivity contribution >= 4 is 29.5 Å². The van der Waals surface area contributed by atoms with E-state index in [1.165, 1.54) is 11.6 Å². The number of rotatable bonds is 6. The van der Waals surface area contributed by atoms with E-state index in [2.05, 4.69) is 17.4 Å². The lowest BCUT2D eigenvalue weighted by molar-refractivity contribution is -0.137. The molecule has 1 unspecified atom stereocenters. The number of carbonyl (C=O) groups excluding carboxylic acids is 2. The number of likely N-dealkylation sites (tertiary alicyclic amines) is 1. The van der Waals surface area contributed by atoms with Crippen LogP contribution in [0, 0.1) is 5.92 Å². The molecule has 0 saturated carbocycles. The standard InChI is InChI=1S/C25H29ClN2O2/c1-18(2)24(27-23(29)13-8-19-6-4-3-5-7-19)25(30)28-16-14-21(15-17-28)20-9-11-22(26)12-10-20/h3-13,18,21,24H,14-17H2,1-2H3,(H,27,29)/b13-8+. The first-order chi connectivity index (χ1) is 14.4. The SMILES string of the molecule is CC(C)C(NC(=O)/C=C/c1ccccc1)C(=O)N1CCC(c2ccc(Cl)cc2)CC1. The van der Waals surface area contributed by atoms with E-state index in [4.69, 9.17) is 11.6 Å². The Morgan fingerprint density at radius 1 is 1.03 bits per heavy atom. The largest absolute Gasteiger partial charge is 0.341 e. The Labute approximate surface area is 183 Å². The molecule has 2 aromatic rings. The molecule has 0 bridgehead atoms. The average molecular weight is 425 g/mol. The molecular formula is C25H29ClN2O2. The predicted molar refractivity (Wildman–Crippen MR) is 122 cm³/mol. The van der Waals surface area contributed by atoms with E-state index in [1.54, 1.807) is 6.08 Å². The van der Waals surface area contributed by atoms with Gasteiger partial charge in [-0.2, -0.15) is 0 Å². The zero-order valence-corrected chi connectivity index (χ0v) is 18.3. The van der Waals surface area contributed by atoms with Gasteiger partial charge in [0, 0.05) is 24.2 Å². The van der Waals surface area contributed by atoms with Crippen LogP contribution >= 0.6 is 11.6 Å². The molecule has 0 radical (unpaired) electrons. The Kier molecular flexibility index (Phi) is 7.69. The van der Waals surface area contributed by atoms with E-state index in [9.17, 15) is 9.59 Å². The first kappa shape index (κ1) is 22.1. The molecule has 1 saturated heterocycles. The van der Waals surface area contributed by atoms with Gasteiger partial charge in [-0.25, -0.2) is 0 Å². The smallest absolute Gasteiger partial charge is 0.245 e. The van der Waals surface area contributed by atoms with E-state index in [0.717, 1.165) is 23.4 Å². The molecule has 2 amide bonds. The zero-order chi connectivity index (χ0) is 21.5. The number of hydrogen-bond donors (Lipinski definition) is 1. The van der Waals surface area contributed by atoms with Crippen molar-refractivity contribution in [2.24, 2.45) is 5.92 Å². The van der Waals surface area contributed by atoms with Gasteiger partial charge < -0.3 is 10.2 Å². The second-order valence-corrected chi connectivity index (χ2v) is 8.56. The van der Waals surface area contributed by atoms with Gasteiger partial charge in [0.1, 0.15) is 6.04 Å². The number of nitrogens with one attached hydrogen (secondary N) is 1. The lowest BCUT2D eigenvalue weighted by atomic mass is 9.89. The van der Waals surface area contributed by atoms with Gasteiger partial charge in [-0.15, -0.1) is 0 Å². The van der Waals surface area contributed by atoms with Gasteiger partial charge in [0.2, 0.25) is 11.8 Å². The van der Waals surface area contributed by atoms with Gasteiger partial charge in [0.05, 0.1) is 0 Å². The number of benzene rings is 2. The van der Waals surface area contributed by atoms with E-state index in [-0.39, 0.29) is 17.7 Å². The van der Waals surface area contributed by atoms with Crippen molar-refractivity contribution in [3.8, 4) is 0 Å². The van der Waals surface area contributed by atoms with Crippen molar-refractivity contribution in [2.75, 3.05) is 13.1 Å². The van der Waals surface area contributed by atoms with Crippen LogP contribution in [-0.2, 0) is 9.59 Å². The Morgan fingerprint density at radius 3 is 2.27 bits per heavy atom. The topological polar surface area (TPSA) is 49.4 Å². The Hall–Kier alpha value is -2.59. The molecule has 1 heterocycles. The van der Waals surface area contributed by atoms with Gasteiger partial charge in [-0.1, -0.05) is 67.9 Å². The van der Waals surface area contributed by atoms with Crippen molar-refractivity contribution in [2.45, 2.75) is 38.6 Å². The molecular weight excluding hydrogens is 396 g/mol. The summed E-state index contributed by atoms with van der Waals surface area (Å²) in [6.45, 7) is 5.32. The van der Waals surface area contributed by atoms with Crippen molar-refractivity contribution < 1.29 is 9.59 Å². The summed E-state index contributed by atoms with van der Waals surface area (Å²) in [6.07, 6.45) is 5.08. The highest BCUT2D eigenvalue weighted by atomic mass is 35.5. The quantitative estimate of drug-likeness (QED) is 0.670. The molecule has 158 valence electrons. The molecule has 1 N–H and O–H groups in total. The van der Waals surface area contributed by atoms with Crippen molar-refractivity contribution in [1.82, 2.24) is 10.2 Å². The third kappa shape index (κ3) is 5.96. The van der Waals surface area contributed by atoms with Crippen LogP contribution in [0.4, 0.5) is 0 Å². The maximum absolute atomic E-state index is 13.1. The van der Waals surface area contributed by atoms with Crippen LogP contribution in [0.1, 0.15) is 43.7 Å². The fourth-order valence-electron chi connectivity index (χ4n) is 3.82. The summed E-state index contributed by atoms with van der Waals surface area (Å²) in [6, 6.07) is 17.1. The minimum absolute atomic E-state index is 0.000942. The second-order valence-electron chi connectivity index (χ2n) is 8.13. The van der Waals surface area contributed by atoms with Gasteiger partial charge in [-0.3, -0.25) is 9.59 Å². The first-order valence-corrected chi connectivity index (χ1v) is 10.9. The lowest BCUT2D eigenvalue weighted by Crippen LogP contribution is -2.52. The van der Waals surface area contributed by atoms with Crippen LogP contribution < -0.4 is 5.32 Å². The van der Waals surface area contributed by atoms with Crippen LogP contribution in [0.15, 0.2) is 60.7 Å². The maximum Gasteiger partial charge on any atom is 0.245 e. The second kappa shape index (κ2) is 10.4. The highest BCUT2D eigenvalue weighted by Crippen LogP contribution is 2.29. The van der Waals surface area contributed by atoms with Crippen LogP contribution in [0.5, 0.6) is 0 Å². The molecule has 4 nitrogen and oxygen atoms in total. The highest BCUT2D eigenvalue weighted by Gasteiger charge is 2.31. The minimum atomic E-state index is -0.523. The minimum Gasteiger partial charge on any atom is -0.341 e. The number of amides is 2. The Morgan fingerprint density at radius 2 is 1.67 bits per heavy atom. The number of piperidine rings is 1. The molecule has 1 aliphatic heterocycles. The third-order valence-electron chi connectivity index (χ3n) is 5.61. The monoisotopic (exact) mass is 424 g/mol. The summed E-state index contributed by atoms with van der Waals surface area (Å²) < 4.78 is 0. The Bertz CT molecular complexity index is 870. The molecule has 1 atom stereocenters. The highest BCUT2D eigenvalue weighted by molar-refractivity contribution is 6.30. The van der Waals surface area contributed by atoms with Gasteiger partial charge in [0.25, 0.3) is 0 Å². The summed E-state index contributed by atoms with van der Waals surface area (Å²) in [4.78, 5) is 27.4. The summed E-state index contributed by atoms with van der Waals surface area (Å²) in [5.74, 6) is 0.204. The molecule has 5 heteroatoms. The molecule has 2 aromatic carbocycles. The van der Waals surface area contributed by atoms with Crippen LogP contribution in [0.2, 0.25) is 5.02 Å². The lowest BCUT2D eigenvalue weighted by Gasteiger charge is -2.35.